The lowest BCUT2D eigenvalue weighted by Gasteiger charge is -2.07. The molecule has 0 spiro atoms. The highest BCUT2D eigenvalue weighted by Gasteiger charge is 2.38. The summed E-state index contributed by atoms with van der Waals surface area (Å²) in [5.41, 5.74) is 0. The minimum absolute atomic E-state index is 0.0972. The second-order valence-corrected chi connectivity index (χ2v) is 2.67. The van der Waals surface area contributed by atoms with Crippen molar-refractivity contribution in [3.63, 3.8) is 0 Å². The van der Waals surface area contributed by atoms with Gasteiger partial charge in [-0.3, -0.25) is 10.1 Å². The molecule has 1 rings (SSSR count). The molecular weight excluding hydrogens is 116 g/mol. The van der Waals surface area contributed by atoms with E-state index in [0.29, 0.717) is 6.04 Å². The molecule has 0 unspecified atom stereocenters. The van der Waals surface area contributed by atoms with E-state index in [9.17, 15) is 4.79 Å². The van der Waals surface area contributed by atoms with Crippen LogP contribution in [0.25, 0.3) is 0 Å². The summed E-state index contributed by atoms with van der Waals surface area (Å²) in [4.78, 5) is 12.6. The summed E-state index contributed by atoms with van der Waals surface area (Å²) >= 11 is 0. The molecule has 2 atom stereocenters. The van der Waals surface area contributed by atoms with Crippen molar-refractivity contribution in [3.05, 3.63) is 0 Å². The summed E-state index contributed by atoms with van der Waals surface area (Å²) in [6.07, 6.45) is 0. The zero-order valence-corrected chi connectivity index (χ0v) is 6.01. The van der Waals surface area contributed by atoms with E-state index in [4.69, 9.17) is 0 Å². The van der Waals surface area contributed by atoms with Gasteiger partial charge in [0, 0.05) is 20.1 Å². The van der Waals surface area contributed by atoms with Crippen LogP contribution < -0.4 is 5.32 Å². The van der Waals surface area contributed by atoms with Crippen molar-refractivity contribution in [2.75, 3.05) is 14.1 Å². The van der Waals surface area contributed by atoms with Gasteiger partial charge in [0.1, 0.15) is 6.04 Å². The van der Waals surface area contributed by atoms with Gasteiger partial charge in [0.25, 0.3) is 0 Å². The average Bonchev–Trinajstić information content (AvgIpc) is 2.44. The summed E-state index contributed by atoms with van der Waals surface area (Å²) in [7, 11) is 3.55. The Morgan fingerprint density at radius 2 is 2.00 bits per heavy atom. The minimum Gasteiger partial charge on any atom is -0.347 e. The Hall–Kier alpha value is -0.570. The van der Waals surface area contributed by atoms with Gasteiger partial charge in [0.15, 0.2) is 0 Å². The highest BCUT2D eigenvalue weighted by atomic mass is 16.2. The van der Waals surface area contributed by atoms with Crippen LogP contribution in [0, 0.1) is 0 Å². The van der Waals surface area contributed by atoms with Crippen molar-refractivity contribution in [3.8, 4) is 0 Å². The van der Waals surface area contributed by atoms with Crippen molar-refractivity contribution in [1.29, 1.82) is 0 Å². The van der Waals surface area contributed by atoms with Gasteiger partial charge in [-0.05, 0) is 6.92 Å². The van der Waals surface area contributed by atoms with Crippen LogP contribution >= 0.6 is 0 Å². The third-order valence-electron chi connectivity index (χ3n) is 1.54. The molecule has 1 aliphatic heterocycles. The number of carbonyl (C=O) groups is 1. The van der Waals surface area contributed by atoms with Gasteiger partial charge >= 0.3 is 0 Å². The molecule has 1 saturated heterocycles. The molecule has 1 aliphatic rings. The molecule has 0 radical (unpaired) electrons. The summed E-state index contributed by atoms with van der Waals surface area (Å²) in [6.45, 7) is 2.01. The van der Waals surface area contributed by atoms with E-state index >= 15 is 0 Å². The van der Waals surface area contributed by atoms with Crippen LogP contribution in [0.5, 0.6) is 0 Å². The molecule has 3 heteroatoms. The predicted octanol–water partition coefficient (Wildman–Crippen LogP) is -0.565. The van der Waals surface area contributed by atoms with Crippen LogP contribution in [-0.4, -0.2) is 37.0 Å². The number of likely N-dealkylation sites (N-methyl/N-ethyl adjacent to an activating group) is 1. The van der Waals surface area contributed by atoms with Crippen molar-refractivity contribution < 1.29 is 4.79 Å². The fourth-order valence-electron chi connectivity index (χ4n) is 0.791. The standard InChI is InChI=1S/C6H12N2O/c1-4-5(7-4)6(9)8(2)3/h4-5,7H,1-3H3/t4-,5-/m1/s1. The lowest BCUT2D eigenvalue weighted by atomic mass is 10.3. The second-order valence-electron chi connectivity index (χ2n) is 2.67. The van der Waals surface area contributed by atoms with Crippen LogP contribution in [0.3, 0.4) is 0 Å². The first-order chi connectivity index (χ1) is 4.13. The van der Waals surface area contributed by atoms with E-state index in [2.05, 4.69) is 5.32 Å². The second kappa shape index (κ2) is 1.99. The van der Waals surface area contributed by atoms with Gasteiger partial charge in [-0.1, -0.05) is 0 Å². The first kappa shape index (κ1) is 6.55. The quantitative estimate of drug-likeness (QED) is 0.481. The normalized spacial score (nSPS) is 31.9. The maximum absolute atomic E-state index is 11.0. The lowest BCUT2D eigenvalue weighted by molar-refractivity contribution is -0.128. The molecular formula is C6H12N2O. The van der Waals surface area contributed by atoms with Crippen molar-refractivity contribution in [1.82, 2.24) is 10.2 Å². The van der Waals surface area contributed by atoms with Crippen molar-refractivity contribution >= 4 is 5.91 Å². The molecule has 1 heterocycles. The van der Waals surface area contributed by atoms with Gasteiger partial charge in [-0.2, -0.15) is 0 Å². The molecule has 0 saturated carbocycles. The maximum Gasteiger partial charge on any atom is 0.240 e. The largest absolute Gasteiger partial charge is 0.347 e. The number of nitrogens with zero attached hydrogens (tertiary/aromatic N) is 1. The first-order valence-corrected chi connectivity index (χ1v) is 3.10. The summed E-state index contributed by atoms with van der Waals surface area (Å²) in [5, 5.41) is 3.02. The average molecular weight is 128 g/mol. The van der Waals surface area contributed by atoms with Crippen LogP contribution in [0.2, 0.25) is 0 Å². The monoisotopic (exact) mass is 128 g/mol. The Morgan fingerprint density at radius 1 is 1.56 bits per heavy atom. The molecule has 9 heavy (non-hydrogen) atoms. The van der Waals surface area contributed by atoms with Gasteiger partial charge in [-0.15, -0.1) is 0 Å². The number of hydrogen-bond acceptors (Lipinski definition) is 2. The zero-order chi connectivity index (χ0) is 7.02. The lowest BCUT2D eigenvalue weighted by Crippen LogP contribution is -2.28. The van der Waals surface area contributed by atoms with Crippen LogP contribution in [0.1, 0.15) is 6.92 Å². The topological polar surface area (TPSA) is 42.3 Å². The summed E-state index contributed by atoms with van der Waals surface area (Å²) in [6, 6.07) is 0.486. The Kier molecular flexibility index (Phi) is 1.45. The highest BCUT2D eigenvalue weighted by Crippen LogP contribution is 2.10. The van der Waals surface area contributed by atoms with Crippen molar-refractivity contribution in [2.45, 2.75) is 19.0 Å². The number of nitrogens with one attached hydrogen (secondary N) is 1. The van der Waals surface area contributed by atoms with Gasteiger partial charge in [0.2, 0.25) is 5.91 Å². The molecule has 52 valence electrons. The molecule has 0 bridgehead atoms. The van der Waals surface area contributed by atoms with Gasteiger partial charge < -0.3 is 4.90 Å². The molecule has 1 N–H and O–H groups in total. The molecule has 0 aromatic rings. The maximum atomic E-state index is 11.0. The zero-order valence-electron chi connectivity index (χ0n) is 6.01. The Labute approximate surface area is 55.0 Å². The van der Waals surface area contributed by atoms with E-state index in [1.165, 1.54) is 0 Å². The Morgan fingerprint density at radius 3 is 2.11 bits per heavy atom. The Bertz CT molecular complexity index is 133. The van der Waals surface area contributed by atoms with E-state index in [-0.39, 0.29) is 11.9 Å². The molecule has 1 fully saturated rings. The molecule has 0 aromatic heterocycles. The summed E-state index contributed by atoms with van der Waals surface area (Å²) in [5.74, 6) is 0.183. The number of carbonyl (C=O) groups excluding carboxylic acids is 1. The fraction of sp³-hybridized carbons (Fsp3) is 0.833. The molecule has 1 amide bonds. The Balaban J connectivity index is 2.36. The third-order valence-corrected chi connectivity index (χ3v) is 1.54. The van der Waals surface area contributed by atoms with E-state index < -0.39 is 0 Å². The third kappa shape index (κ3) is 1.21. The number of hydrogen-bond donors (Lipinski definition) is 1. The first-order valence-electron chi connectivity index (χ1n) is 3.10. The van der Waals surface area contributed by atoms with Crippen molar-refractivity contribution in [2.24, 2.45) is 0 Å². The summed E-state index contributed by atoms with van der Waals surface area (Å²) < 4.78 is 0. The number of rotatable bonds is 1. The number of amides is 1. The fourth-order valence-corrected chi connectivity index (χ4v) is 0.791. The van der Waals surface area contributed by atoms with Crippen LogP contribution in [-0.2, 0) is 4.79 Å². The van der Waals surface area contributed by atoms with Gasteiger partial charge in [-0.25, -0.2) is 0 Å². The van der Waals surface area contributed by atoms with Gasteiger partial charge in [0.05, 0.1) is 0 Å². The predicted molar refractivity (Wildman–Crippen MR) is 35.1 cm³/mol. The SMILES string of the molecule is C[C@H]1N[C@H]1C(=O)N(C)C. The van der Waals surface area contributed by atoms with E-state index in [1.807, 2.05) is 6.92 Å². The minimum atomic E-state index is 0.0972. The molecule has 0 aliphatic carbocycles. The van der Waals surface area contributed by atoms with E-state index in [1.54, 1.807) is 19.0 Å². The van der Waals surface area contributed by atoms with Crippen LogP contribution in [0.15, 0.2) is 0 Å². The molecule has 0 aromatic carbocycles. The van der Waals surface area contributed by atoms with E-state index in [0.717, 1.165) is 0 Å². The van der Waals surface area contributed by atoms with Crippen LogP contribution in [0.4, 0.5) is 0 Å². The highest BCUT2D eigenvalue weighted by molar-refractivity contribution is 5.85. The smallest absolute Gasteiger partial charge is 0.240 e. The molecule has 3 nitrogen and oxygen atoms in total.